The van der Waals surface area contributed by atoms with E-state index < -0.39 is 22.9 Å². The van der Waals surface area contributed by atoms with Crippen molar-refractivity contribution in [1.29, 1.82) is 0 Å². The Kier molecular flexibility index (Phi) is 2.71. The first-order chi connectivity index (χ1) is 7.56. The third-order valence-corrected chi connectivity index (χ3v) is 2.63. The molecule has 2 N–H and O–H groups in total. The molecular formula is C11H13F2NO2. The van der Waals surface area contributed by atoms with Crippen LogP contribution in [0.5, 0.6) is 11.5 Å². The molecule has 1 aliphatic rings. The highest BCUT2D eigenvalue weighted by molar-refractivity contribution is 5.37. The number of benzene rings is 1. The van der Waals surface area contributed by atoms with Crippen LogP contribution in [0.4, 0.5) is 8.78 Å². The number of hydrogen-bond acceptors (Lipinski definition) is 3. The fourth-order valence-electron chi connectivity index (χ4n) is 1.33. The molecule has 0 bridgehead atoms. The molecule has 16 heavy (non-hydrogen) atoms. The van der Waals surface area contributed by atoms with E-state index in [0.29, 0.717) is 0 Å². The van der Waals surface area contributed by atoms with Gasteiger partial charge in [-0.05, 0) is 25.0 Å². The lowest BCUT2D eigenvalue weighted by atomic mass is 10.3. The normalized spacial score (nSPS) is 17.0. The maximum atomic E-state index is 13.6. The van der Waals surface area contributed by atoms with E-state index in [1.54, 1.807) is 0 Å². The minimum absolute atomic E-state index is 0.0433. The third-order valence-electron chi connectivity index (χ3n) is 2.63. The van der Waals surface area contributed by atoms with Gasteiger partial charge in [-0.1, -0.05) is 0 Å². The Morgan fingerprint density at radius 1 is 1.38 bits per heavy atom. The van der Waals surface area contributed by atoms with Crippen LogP contribution in [-0.4, -0.2) is 19.3 Å². The van der Waals surface area contributed by atoms with Crippen molar-refractivity contribution in [3.63, 3.8) is 0 Å². The molecule has 0 unspecified atom stereocenters. The second-order valence-electron chi connectivity index (χ2n) is 4.04. The smallest absolute Gasteiger partial charge is 0.209 e. The lowest BCUT2D eigenvalue weighted by molar-refractivity contribution is 0.249. The average Bonchev–Trinajstić information content (AvgIpc) is 2.97. The predicted molar refractivity (Wildman–Crippen MR) is 54.6 cm³/mol. The predicted octanol–water partition coefficient (Wildman–Crippen LogP) is 1.84. The van der Waals surface area contributed by atoms with E-state index in [1.807, 2.05) is 0 Å². The van der Waals surface area contributed by atoms with Crippen LogP contribution in [0.2, 0.25) is 0 Å². The van der Waals surface area contributed by atoms with E-state index in [1.165, 1.54) is 13.2 Å². The summed E-state index contributed by atoms with van der Waals surface area (Å²) >= 11 is 0. The summed E-state index contributed by atoms with van der Waals surface area (Å²) in [6, 6.07) is 2.32. The largest absolute Gasteiger partial charge is 0.494 e. The van der Waals surface area contributed by atoms with E-state index in [0.717, 1.165) is 18.9 Å². The van der Waals surface area contributed by atoms with E-state index in [2.05, 4.69) is 0 Å². The zero-order chi connectivity index (χ0) is 11.8. The highest BCUT2D eigenvalue weighted by Gasteiger charge is 2.39. The first-order valence-corrected chi connectivity index (χ1v) is 4.99. The monoisotopic (exact) mass is 229 g/mol. The Bertz CT molecular complexity index is 405. The van der Waals surface area contributed by atoms with Crippen LogP contribution in [0.25, 0.3) is 0 Å². The molecule has 1 aliphatic carbocycles. The van der Waals surface area contributed by atoms with Crippen molar-refractivity contribution < 1.29 is 18.3 Å². The van der Waals surface area contributed by atoms with Crippen LogP contribution in [0, 0.1) is 11.6 Å². The van der Waals surface area contributed by atoms with Crippen molar-refractivity contribution in [2.75, 3.05) is 13.7 Å². The molecule has 0 atom stereocenters. The quantitative estimate of drug-likeness (QED) is 0.856. The summed E-state index contributed by atoms with van der Waals surface area (Å²) < 4.78 is 36.7. The fourth-order valence-corrected chi connectivity index (χ4v) is 1.33. The molecular weight excluding hydrogens is 216 g/mol. The Hall–Kier alpha value is -1.36. The lowest BCUT2D eigenvalue weighted by Crippen LogP contribution is -2.30. The summed E-state index contributed by atoms with van der Waals surface area (Å²) in [5.41, 5.74) is 5.35. The van der Waals surface area contributed by atoms with Gasteiger partial charge in [-0.25, -0.2) is 4.39 Å². The molecule has 0 heterocycles. The van der Waals surface area contributed by atoms with Crippen LogP contribution >= 0.6 is 0 Å². The molecule has 0 amide bonds. The van der Waals surface area contributed by atoms with Gasteiger partial charge in [-0.2, -0.15) is 4.39 Å². The van der Waals surface area contributed by atoms with E-state index in [9.17, 15) is 8.78 Å². The molecule has 1 saturated carbocycles. The number of ether oxygens (including phenoxy) is 2. The van der Waals surface area contributed by atoms with Gasteiger partial charge in [0, 0.05) is 0 Å². The van der Waals surface area contributed by atoms with Crippen molar-refractivity contribution in [3.8, 4) is 11.5 Å². The molecule has 1 aromatic carbocycles. The van der Waals surface area contributed by atoms with Gasteiger partial charge < -0.3 is 15.2 Å². The zero-order valence-electron chi connectivity index (χ0n) is 8.93. The summed E-state index contributed by atoms with van der Waals surface area (Å²) in [5.74, 6) is -2.04. The minimum atomic E-state index is -0.827. The zero-order valence-corrected chi connectivity index (χ0v) is 8.93. The van der Waals surface area contributed by atoms with Crippen LogP contribution in [0.1, 0.15) is 12.8 Å². The van der Waals surface area contributed by atoms with Gasteiger partial charge in [-0.3, -0.25) is 0 Å². The Morgan fingerprint density at radius 2 is 2.06 bits per heavy atom. The molecule has 0 aliphatic heterocycles. The number of nitrogens with two attached hydrogens (primary N) is 1. The molecule has 3 nitrogen and oxygen atoms in total. The molecule has 1 fully saturated rings. The number of rotatable bonds is 4. The standard InChI is InChI=1S/C11H13F2NO2/c1-15-8-3-2-7(12)10(9(8)13)16-6-11(14)4-5-11/h2-3H,4-6,14H2,1H3. The van der Waals surface area contributed by atoms with Gasteiger partial charge in [-0.15, -0.1) is 0 Å². The van der Waals surface area contributed by atoms with Crippen LogP contribution in [0.3, 0.4) is 0 Å². The summed E-state index contributed by atoms with van der Waals surface area (Å²) in [6.07, 6.45) is 1.64. The molecule has 0 saturated heterocycles. The van der Waals surface area contributed by atoms with Crippen molar-refractivity contribution in [2.45, 2.75) is 18.4 Å². The topological polar surface area (TPSA) is 44.5 Å². The van der Waals surface area contributed by atoms with Crippen molar-refractivity contribution >= 4 is 0 Å². The molecule has 0 spiro atoms. The van der Waals surface area contributed by atoms with Gasteiger partial charge in [0.25, 0.3) is 0 Å². The fraction of sp³-hybridized carbons (Fsp3) is 0.455. The summed E-state index contributed by atoms with van der Waals surface area (Å²) in [6.45, 7) is 0.119. The summed E-state index contributed by atoms with van der Waals surface area (Å²) in [5, 5.41) is 0. The highest BCUT2D eigenvalue weighted by atomic mass is 19.1. The molecule has 88 valence electrons. The van der Waals surface area contributed by atoms with E-state index in [4.69, 9.17) is 15.2 Å². The van der Waals surface area contributed by atoms with E-state index in [-0.39, 0.29) is 12.4 Å². The van der Waals surface area contributed by atoms with Crippen molar-refractivity contribution in [2.24, 2.45) is 5.73 Å². The third kappa shape index (κ3) is 2.09. The highest BCUT2D eigenvalue weighted by Crippen LogP contribution is 2.35. The molecule has 1 aromatic rings. The molecule has 0 aromatic heterocycles. The minimum Gasteiger partial charge on any atom is -0.494 e. The number of halogens is 2. The van der Waals surface area contributed by atoms with E-state index >= 15 is 0 Å². The van der Waals surface area contributed by atoms with Crippen molar-refractivity contribution in [3.05, 3.63) is 23.8 Å². The number of methoxy groups -OCH3 is 1. The van der Waals surface area contributed by atoms with Gasteiger partial charge in [0.05, 0.1) is 12.6 Å². The number of hydrogen-bond donors (Lipinski definition) is 1. The Morgan fingerprint density at radius 3 is 2.62 bits per heavy atom. The van der Waals surface area contributed by atoms with Gasteiger partial charge in [0.15, 0.2) is 17.3 Å². The Balaban J connectivity index is 2.17. The maximum Gasteiger partial charge on any atom is 0.209 e. The first-order valence-electron chi connectivity index (χ1n) is 4.99. The average molecular weight is 229 g/mol. The Labute approximate surface area is 92.1 Å². The molecule has 0 radical (unpaired) electrons. The molecule has 2 rings (SSSR count). The van der Waals surface area contributed by atoms with Crippen LogP contribution in [-0.2, 0) is 0 Å². The van der Waals surface area contributed by atoms with Gasteiger partial charge in [0.1, 0.15) is 6.61 Å². The molecule has 5 heteroatoms. The first kappa shape index (κ1) is 11.1. The van der Waals surface area contributed by atoms with Gasteiger partial charge in [0.2, 0.25) is 5.82 Å². The SMILES string of the molecule is COc1ccc(F)c(OCC2(N)CC2)c1F. The summed E-state index contributed by atoms with van der Waals surface area (Å²) in [4.78, 5) is 0. The van der Waals surface area contributed by atoms with Crippen LogP contribution in [0.15, 0.2) is 12.1 Å². The van der Waals surface area contributed by atoms with Crippen molar-refractivity contribution in [1.82, 2.24) is 0 Å². The van der Waals surface area contributed by atoms with Crippen LogP contribution < -0.4 is 15.2 Å². The second kappa shape index (κ2) is 3.90. The second-order valence-corrected chi connectivity index (χ2v) is 4.04. The lowest BCUT2D eigenvalue weighted by Gasteiger charge is -2.13. The van der Waals surface area contributed by atoms with Gasteiger partial charge >= 0.3 is 0 Å². The maximum absolute atomic E-state index is 13.6. The summed E-state index contributed by atoms with van der Waals surface area (Å²) in [7, 11) is 1.31.